The number of aromatic hydroxyl groups is 1. The molecule has 0 amide bonds. The zero-order valence-electron chi connectivity index (χ0n) is 22.2. The van der Waals surface area contributed by atoms with Gasteiger partial charge in [0.15, 0.2) is 5.78 Å². The van der Waals surface area contributed by atoms with E-state index in [0.717, 1.165) is 46.6 Å². The summed E-state index contributed by atoms with van der Waals surface area (Å²) in [4.78, 5) is 23.1. The number of hydrogen-bond donors (Lipinski definition) is 2. The summed E-state index contributed by atoms with van der Waals surface area (Å²) in [6.07, 6.45) is 3.44. The normalized spacial score (nSPS) is 16.7. The summed E-state index contributed by atoms with van der Waals surface area (Å²) in [5.41, 5.74) is 4.34. The zero-order chi connectivity index (χ0) is 26.6. The van der Waals surface area contributed by atoms with Crippen molar-refractivity contribution in [2.24, 2.45) is 0 Å². The van der Waals surface area contributed by atoms with Crippen LogP contribution in [0, 0.1) is 20.8 Å². The number of benzene rings is 2. The maximum atomic E-state index is 11.8. The molecule has 0 radical (unpaired) electrons. The van der Waals surface area contributed by atoms with Gasteiger partial charge in [-0.15, -0.1) is 0 Å². The molecule has 0 fully saturated rings. The lowest BCUT2D eigenvalue weighted by molar-refractivity contribution is -0.141. The minimum absolute atomic E-state index is 0.00977. The summed E-state index contributed by atoms with van der Waals surface area (Å²) in [6.45, 7) is 12.2. The Bertz CT molecular complexity index is 1150. The van der Waals surface area contributed by atoms with Gasteiger partial charge in [-0.3, -0.25) is 9.59 Å². The molecule has 1 heterocycles. The summed E-state index contributed by atoms with van der Waals surface area (Å²) in [5.74, 6) is 1.20. The number of phenols is 1. The molecule has 1 aliphatic heterocycles. The maximum absolute atomic E-state index is 11.8. The number of aliphatic carboxylic acids is 1. The fraction of sp³-hybridized carbons (Fsp3) is 0.517. The van der Waals surface area contributed by atoms with Crippen LogP contribution in [0.1, 0.15) is 84.6 Å². The Kier molecular flexibility index (Phi) is 8.54. The first-order valence-corrected chi connectivity index (χ1v) is 12.6. The molecule has 2 aromatic rings. The highest BCUT2D eigenvalue weighted by Gasteiger charge is 2.36. The molecule has 0 spiro atoms. The van der Waals surface area contributed by atoms with E-state index in [1.54, 1.807) is 12.1 Å². The molecule has 0 bridgehead atoms. The van der Waals surface area contributed by atoms with Crippen LogP contribution < -0.4 is 14.2 Å². The van der Waals surface area contributed by atoms with Crippen molar-refractivity contribution in [3.8, 4) is 23.0 Å². The summed E-state index contributed by atoms with van der Waals surface area (Å²) in [6, 6.07) is 3.36. The third kappa shape index (κ3) is 5.77. The number of carboxylic acid groups (broad SMARTS) is 1. The predicted molar refractivity (Wildman–Crippen MR) is 138 cm³/mol. The number of carboxylic acids is 1. The number of Topliss-reactive ketones (excluding diaryl/α,β-unsaturated/α-hetero) is 1. The molecule has 36 heavy (non-hydrogen) atoms. The Morgan fingerprint density at radius 2 is 1.78 bits per heavy atom. The smallest absolute Gasteiger partial charge is 0.307 e. The topological polar surface area (TPSA) is 102 Å². The van der Waals surface area contributed by atoms with Crippen LogP contribution >= 0.6 is 0 Å². The molecule has 7 heteroatoms. The third-order valence-electron chi connectivity index (χ3n) is 7.00. The summed E-state index contributed by atoms with van der Waals surface area (Å²) in [5, 5.41) is 19.8. The van der Waals surface area contributed by atoms with Gasteiger partial charge in [-0.05, 0) is 82.7 Å². The summed E-state index contributed by atoms with van der Waals surface area (Å²) < 4.78 is 18.4. The van der Waals surface area contributed by atoms with Gasteiger partial charge in [0.1, 0.15) is 28.6 Å². The van der Waals surface area contributed by atoms with Crippen molar-refractivity contribution in [2.45, 2.75) is 85.7 Å². The van der Waals surface area contributed by atoms with Gasteiger partial charge in [0, 0.05) is 17.5 Å². The molecule has 1 atom stereocenters. The van der Waals surface area contributed by atoms with E-state index in [1.165, 1.54) is 6.92 Å². The summed E-state index contributed by atoms with van der Waals surface area (Å²) >= 11 is 0. The van der Waals surface area contributed by atoms with Crippen LogP contribution in [-0.2, 0) is 17.6 Å². The van der Waals surface area contributed by atoms with E-state index in [2.05, 4.69) is 0 Å². The van der Waals surface area contributed by atoms with Crippen molar-refractivity contribution in [1.82, 2.24) is 0 Å². The van der Waals surface area contributed by atoms with Crippen molar-refractivity contribution in [3.05, 3.63) is 45.5 Å². The third-order valence-corrected chi connectivity index (χ3v) is 7.00. The highest BCUT2D eigenvalue weighted by molar-refractivity contribution is 5.97. The van der Waals surface area contributed by atoms with Crippen LogP contribution in [0.25, 0.3) is 0 Å². The molecule has 196 valence electrons. The lowest BCUT2D eigenvalue weighted by atomic mass is 9.85. The SMILES string of the molecule is CCCc1c(OCCCOc2c(C)c(C)c3c(c2C)CCC(C)(CC(=O)O)O3)ccc(C(C)=O)c1O. The molecule has 2 aromatic carbocycles. The number of carbonyl (C=O) groups excluding carboxylic acids is 1. The Balaban J connectivity index is 1.66. The first kappa shape index (κ1) is 27.4. The molecule has 0 aliphatic carbocycles. The van der Waals surface area contributed by atoms with Gasteiger partial charge in [0.05, 0.1) is 25.2 Å². The fourth-order valence-corrected chi connectivity index (χ4v) is 4.89. The average molecular weight is 499 g/mol. The Labute approximate surface area is 213 Å². The molecule has 7 nitrogen and oxygen atoms in total. The largest absolute Gasteiger partial charge is 0.507 e. The standard InChI is InChI=1S/C29H38O7/c1-7-9-23-24(11-10-22(20(5)30)26(23)33)34-14-8-15-35-27-17(2)18(3)28-21(19(27)4)12-13-29(6,36-28)16-25(31)32/h10-11,33H,7-9,12-16H2,1-6H3,(H,31,32). The van der Waals surface area contributed by atoms with Gasteiger partial charge in [-0.25, -0.2) is 0 Å². The minimum atomic E-state index is -0.860. The van der Waals surface area contributed by atoms with Crippen molar-refractivity contribution in [2.75, 3.05) is 13.2 Å². The van der Waals surface area contributed by atoms with Crippen LogP contribution in [0.3, 0.4) is 0 Å². The van der Waals surface area contributed by atoms with Gasteiger partial charge in [0.25, 0.3) is 0 Å². The lowest BCUT2D eigenvalue weighted by Gasteiger charge is -2.37. The monoisotopic (exact) mass is 498 g/mol. The maximum Gasteiger partial charge on any atom is 0.307 e. The zero-order valence-corrected chi connectivity index (χ0v) is 22.2. The van der Waals surface area contributed by atoms with Gasteiger partial charge >= 0.3 is 5.97 Å². The van der Waals surface area contributed by atoms with E-state index < -0.39 is 11.6 Å². The van der Waals surface area contributed by atoms with Crippen molar-refractivity contribution >= 4 is 11.8 Å². The first-order chi connectivity index (χ1) is 17.0. The van der Waals surface area contributed by atoms with Crippen molar-refractivity contribution < 1.29 is 34.0 Å². The Morgan fingerprint density at radius 1 is 1.08 bits per heavy atom. The quantitative estimate of drug-likeness (QED) is 0.295. The molecule has 1 aliphatic rings. The second-order valence-electron chi connectivity index (χ2n) is 9.93. The highest BCUT2D eigenvalue weighted by Crippen LogP contribution is 2.44. The first-order valence-electron chi connectivity index (χ1n) is 12.6. The Hall–Kier alpha value is -3.22. The fourth-order valence-electron chi connectivity index (χ4n) is 4.89. The van der Waals surface area contributed by atoms with E-state index in [9.17, 15) is 19.8 Å². The highest BCUT2D eigenvalue weighted by atomic mass is 16.5. The van der Waals surface area contributed by atoms with Crippen molar-refractivity contribution in [1.29, 1.82) is 0 Å². The van der Waals surface area contributed by atoms with E-state index in [-0.39, 0.29) is 18.0 Å². The van der Waals surface area contributed by atoms with Gasteiger partial charge < -0.3 is 24.4 Å². The second kappa shape index (κ2) is 11.2. The summed E-state index contributed by atoms with van der Waals surface area (Å²) in [7, 11) is 0. The number of hydrogen-bond acceptors (Lipinski definition) is 6. The van der Waals surface area contributed by atoms with Crippen LogP contribution in [0.15, 0.2) is 12.1 Å². The molecule has 2 N–H and O–H groups in total. The predicted octanol–water partition coefficient (Wildman–Crippen LogP) is 5.88. The Morgan fingerprint density at radius 3 is 2.42 bits per heavy atom. The van der Waals surface area contributed by atoms with Crippen molar-refractivity contribution in [3.63, 3.8) is 0 Å². The number of fused-ring (bicyclic) bond motifs is 1. The number of rotatable bonds is 11. The van der Waals surface area contributed by atoms with E-state index >= 15 is 0 Å². The molecule has 0 saturated heterocycles. The minimum Gasteiger partial charge on any atom is -0.507 e. The number of ether oxygens (including phenoxy) is 3. The van der Waals surface area contributed by atoms with E-state index in [1.807, 2.05) is 34.6 Å². The van der Waals surface area contributed by atoms with Crippen LogP contribution in [0.2, 0.25) is 0 Å². The molecular formula is C29H38O7. The van der Waals surface area contributed by atoms with E-state index in [4.69, 9.17) is 14.2 Å². The van der Waals surface area contributed by atoms with Gasteiger partial charge in [-0.2, -0.15) is 0 Å². The van der Waals surface area contributed by atoms with Crippen LogP contribution in [0.4, 0.5) is 0 Å². The molecule has 3 rings (SSSR count). The molecular weight excluding hydrogens is 460 g/mol. The van der Waals surface area contributed by atoms with E-state index in [0.29, 0.717) is 49.4 Å². The number of phenolic OH excluding ortho intramolecular Hbond substituents is 1. The number of ketones is 1. The lowest BCUT2D eigenvalue weighted by Crippen LogP contribution is -2.39. The average Bonchev–Trinajstić information content (AvgIpc) is 2.80. The second-order valence-corrected chi connectivity index (χ2v) is 9.93. The molecule has 0 saturated carbocycles. The molecule has 0 aromatic heterocycles. The van der Waals surface area contributed by atoms with Crippen LogP contribution in [0.5, 0.6) is 23.0 Å². The van der Waals surface area contributed by atoms with Gasteiger partial charge in [0.2, 0.25) is 0 Å². The molecule has 1 unspecified atom stereocenters. The van der Waals surface area contributed by atoms with Crippen LogP contribution in [-0.4, -0.2) is 40.8 Å². The number of carbonyl (C=O) groups is 2. The van der Waals surface area contributed by atoms with Gasteiger partial charge in [-0.1, -0.05) is 13.3 Å².